The highest BCUT2D eigenvalue weighted by molar-refractivity contribution is 6.74. The minimum Gasteiger partial charge on any atom is -0.542 e. The molecular formula is C16H21F2NOSi. The molecule has 2 nitrogen and oxygen atoms in total. The Bertz CT molecular complexity index is 598. The lowest BCUT2D eigenvalue weighted by Crippen LogP contribution is -2.44. The van der Waals surface area contributed by atoms with Gasteiger partial charge in [-0.25, -0.2) is 8.78 Å². The van der Waals surface area contributed by atoms with Gasteiger partial charge in [-0.3, -0.25) is 0 Å². The van der Waals surface area contributed by atoms with E-state index in [4.69, 9.17) is 4.43 Å². The van der Waals surface area contributed by atoms with E-state index in [1.165, 1.54) is 6.08 Å². The Kier molecular flexibility index (Phi) is 4.95. The van der Waals surface area contributed by atoms with Crippen LogP contribution >= 0.6 is 0 Å². The van der Waals surface area contributed by atoms with Gasteiger partial charge in [0.1, 0.15) is 29.0 Å². The lowest BCUT2D eigenvalue weighted by Gasteiger charge is -2.37. The van der Waals surface area contributed by atoms with Crippen molar-refractivity contribution in [2.75, 3.05) is 0 Å². The first-order valence-corrected chi connectivity index (χ1v) is 9.67. The summed E-state index contributed by atoms with van der Waals surface area (Å²) >= 11 is 0. The zero-order valence-electron chi connectivity index (χ0n) is 13.2. The van der Waals surface area contributed by atoms with Crippen LogP contribution in [0.5, 0.6) is 5.75 Å². The quantitative estimate of drug-likeness (QED) is 0.582. The van der Waals surface area contributed by atoms with Crippen molar-refractivity contribution in [3.8, 4) is 11.8 Å². The molecule has 114 valence electrons. The molecule has 0 saturated heterocycles. The first-order valence-electron chi connectivity index (χ1n) is 6.76. The second-order valence-electron chi connectivity index (χ2n) is 6.49. The summed E-state index contributed by atoms with van der Waals surface area (Å²) in [6, 6.07) is 2.52. The Morgan fingerprint density at radius 1 is 1.33 bits per heavy atom. The van der Waals surface area contributed by atoms with Gasteiger partial charge in [0.2, 0.25) is 0 Å². The third-order valence-corrected chi connectivity index (χ3v) is 8.23. The smallest absolute Gasteiger partial charge is 0.250 e. The van der Waals surface area contributed by atoms with E-state index in [2.05, 4.69) is 6.58 Å². The lowest BCUT2D eigenvalue weighted by atomic mass is 10.1. The van der Waals surface area contributed by atoms with Crippen LogP contribution in [0.1, 0.15) is 31.9 Å². The topological polar surface area (TPSA) is 33.0 Å². The van der Waals surface area contributed by atoms with Crippen molar-refractivity contribution in [2.45, 2.75) is 45.3 Å². The van der Waals surface area contributed by atoms with Crippen LogP contribution in [0.25, 0.3) is 0 Å². The molecule has 0 aliphatic heterocycles. The van der Waals surface area contributed by atoms with Crippen LogP contribution in [0, 0.1) is 23.0 Å². The van der Waals surface area contributed by atoms with E-state index in [-0.39, 0.29) is 28.3 Å². The van der Waals surface area contributed by atoms with Crippen LogP contribution in [-0.4, -0.2) is 8.32 Å². The molecule has 0 bridgehead atoms. The molecule has 0 heterocycles. The van der Waals surface area contributed by atoms with Crippen molar-refractivity contribution in [3.05, 3.63) is 41.5 Å². The van der Waals surface area contributed by atoms with Gasteiger partial charge < -0.3 is 4.43 Å². The maximum atomic E-state index is 14.0. The summed E-state index contributed by atoms with van der Waals surface area (Å²) < 4.78 is 33.9. The van der Waals surface area contributed by atoms with Gasteiger partial charge in [-0.15, -0.1) is 6.58 Å². The fraction of sp³-hybridized carbons (Fsp3) is 0.438. The minimum absolute atomic E-state index is 0.0292. The average Bonchev–Trinajstić information content (AvgIpc) is 2.32. The van der Waals surface area contributed by atoms with Gasteiger partial charge in [-0.1, -0.05) is 26.8 Å². The number of nitriles is 1. The summed E-state index contributed by atoms with van der Waals surface area (Å²) in [6.45, 7) is 13.6. The molecular weight excluding hydrogens is 288 g/mol. The van der Waals surface area contributed by atoms with E-state index >= 15 is 0 Å². The van der Waals surface area contributed by atoms with Gasteiger partial charge in [0.25, 0.3) is 8.32 Å². The zero-order chi connectivity index (χ0) is 16.4. The first kappa shape index (κ1) is 17.4. The average molecular weight is 309 g/mol. The predicted molar refractivity (Wildman–Crippen MR) is 82.8 cm³/mol. The van der Waals surface area contributed by atoms with Crippen LogP contribution < -0.4 is 4.43 Å². The molecule has 0 saturated carbocycles. The summed E-state index contributed by atoms with van der Waals surface area (Å²) in [5, 5.41) is 9.03. The predicted octanol–water partition coefficient (Wildman–Crippen LogP) is 4.95. The molecule has 1 aromatic carbocycles. The molecule has 0 aromatic heterocycles. The lowest BCUT2D eigenvalue weighted by molar-refractivity contribution is 0.470. The molecule has 0 radical (unpaired) electrons. The maximum absolute atomic E-state index is 14.0. The summed E-state index contributed by atoms with van der Waals surface area (Å²) in [7, 11) is -2.32. The fourth-order valence-corrected chi connectivity index (χ4v) is 2.64. The zero-order valence-corrected chi connectivity index (χ0v) is 14.2. The third kappa shape index (κ3) is 3.51. The van der Waals surface area contributed by atoms with Gasteiger partial charge in [-0.05, 0) is 24.6 Å². The summed E-state index contributed by atoms with van der Waals surface area (Å²) in [5.74, 6) is -1.57. The first-order chi connectivity index (χ1) is 9.55. The van der Waals surface area contributed by atoms with Crippen LogP contribution in [0.2, 0.25) is 18.1 Å². The highest BCUT2D eigenvalue weighted by Crippen LogP contribution is 2.40. The monoisotopic (exact) mass is 309 g/mol. The van der Waals surface area contributed by atoms with E-state index in [9.17, 15) is 14.0 Å². The number of rotatable bonds is 4. The molecule has 5 heteroatoms. The van der Waals surface area contributed by atoms with Crippen LogP contribution in [0.15, 0.2) is 18.7 Å². The van der Waals surface area contributed by atoms with E-state index in [0.717, 1.165) is 6.07 Å². The molecule has 0 fully saturated rings. The highest BCUT2D eigenvalue weighted by Gasteiger charge is 2.40. The molecule has 0 aliphatic carbocycles. The largest absolute Gasteiger partial charge is 0.542 e. The van der Waals surface area contributed by atoms with Gasteiger partial charge in [0.05, 0.1) is 0 Å². The molecule has 21 heavy (non-hydrogen) atoms. The van der Waals surface area contributed by atoms with Crippen molar-refractivity contribution in [3.63, 3.8) is 0 Å². The Morgan fingerprint density at radius 2 is 1.90 bits per heavy atom. The molecule has 1 rings (SSSR count). The van der Waals surface area contributed by atoms with Gasteiger partial charge in [-0.2, -0.15) is 5.26 Å². The fourth-order valence-electron chi connectivity index (χ4n) is 1.60. The minimum atomic E-state index is -2.32. The van der Waals surface area contributed by atoms with Crippen LogP contribution in [0.3, 0.4) is 0 Å². The normalized spacial score (nSPS) is 11.9. The molecule has 0 spiro atoms. The standard InChI is InChI=1S/C16H21F2NOSi/c1-7-8-11-13(17)9-14(18)12(10-19)15(11)20-21(5,6)16(2,3)4/h7,9H,1,8H2,2-6H3. The number of hydrogen-bond acceptors (Lipinski definition) is 2. The van der Waals surface area contributed by atoms with E-state index in [0.29, 0.717) is 0 Å². The Labute approximate surface area is 126 Å². The second kappa shape index (κ2) is 5.98. The molecule has 0 amide bonds. The van der Waals surface area contributed by atoms with Crippen LogP contribution in [0.4, 0.5) is 8.78 Å². The SMILES string of the molecule is C=CCc1c(F)cc(F)c(C#N)c1O[Si](C)(C)C(C)(C)C. The molecule has 0 aliphatic rings. The van der Waals surface area contributed by atoms with Crippen LogP contribution in [-0.2, 0) is 6.42 Å². The number of hydrogen-bond donors (Lipinski definition) is 0. The third-order valence-electron chi connectivity index (χ3n) is 3.91. The summed E-state index contributed by atoms with van der Waals surface area (Å²) in [6.07, 6.45) is 1.70. The Morgan fingerprint density at radius 3 is 2.33 bits per heavy atom. The van der Waals surface area contributed by atoms with Gasteiger partial charge in [0, 0.05) is 11.6 Å². The van der Waals surface area contributed by atoms with Crippen molar-refractivity contribution in [1.82, 2.24) is 0 Å². The summed E-state index contributed by atoms with van der Waals surface area (Å²) in [4.78, 5) is 0. The van der Waals surface area contributed by atoms with Crippen molar-refractivity contribution in [2.24, 2.45) is 0 Å². The van der Waals surface area contributed by atoms with Gasteiger partial charge in [0.15, 0.2) is 0 Å². The number of nitrogens with zero attached hydrogens (tertiary/aromatic N) is 1. The van der Waals surface area contributed by atoms with Crippen molar-refractivity contribution < 1.29 is 13.2 Å². The van der Waals surface area contributed by atoms with E-state index in [1.54, 1.807) is 6.07 Å². The van der Waals surface area contributed by atoms with Crippen molar-refractivity contribution >= 4 is 8.32 Å². The van der Waals surface area contributed by atoms with E-state index in [1.807, 2.05) is 33.9 Å². The van der Waals surface area contributed by atoms with E-state index < -0.39 is 20.0 Å². The number of allylic oxidation sites excluding steroid dienone is 1. The highest BCUT2D eigenvalue weighted by atomic mass is 28.4. The number of benzene rings is 1. The Balaban J connectivity index is 3.53. The van der Waals surface area contributed by atoms with Gasteiger partial charge >= 0.3 is 0 Å². The maximum Gasteiger partial charge on any atom is 0.250 e. The molecule has 0 unspecified atom stereocenters. The summed E-state index contributed by atoms with van der Waals surface area (Å²) in [5.41, 5.74) is -0.0501. The second-order valence-corrected chi connectivity index (χ2v) is 11.2. The molecule has 0 atom stereocenters. The van der Waals surface area contributed by atoms with Crippen molar-refractivity contribution in [1.29, 1.82) is 5.26 Å². The molecule has 1 aromatic rings. The molecule has 0 N–H and O–H groups in total. The Hall–Kier alpha value is -1.67. The number of halogens is 2.